The number of furan rings is 2. The lowest BCUT2D eigenvalue weighted by atomic mass is 9.82. The van der Waals surface area contributed by atoms with Crippen LogP contribution in [0.3, 0.4) is 0 Å². The number of benzene rings is 7. The molecule has 226 valence electrons. The second-order valence-electron chi connectivity index (χ2n) is 13.7. The van der Waals surface area contributed by atoms with Crippen molar-refractivity contribution in [3.05, 3.63) is 151 Å². The smallest absolute Gasteiger partial charge is 0.137 e. The molecule has 3 nitrogen and oxygen atoms in total. The van der Waals surface area contributed by atoms with Crippen molar-refractivity contribution in [1.82, 2.24) is 4.57 Å². The van der Waals surface area contributed by atoms with Gasteiger partial charge in [0.05, 0.1) is 11.0 Å². The maximum atomic E-state index is 6.67. The first kappa shape index (κ1) is 26.1. The molecule has 1 aliphatic carbocycles. The molecule has 10 aromatic rings. The average Bonchev–Trinajstić information content (AvgIpc) is 3.84. The lowest BCUT2D eigenvalue weighted by Crippen LogP contribution is -2.14. The van der Waals surface area contributed by atoms with Crippen LogP contribution in [-0.2, 0) is 5.41 Å². The summed E-state index contributed by atoms with van der Waals surface area (Å²) < 4.78 is 15.3. The minimum Gasteiger partial charge on any atom is -0.456 e. The lowest BCUT2D eigenvalue weighted by Gasteiger charge is -2.21. The Morgan fingerprint density at radius 2 is 1.15 bits per heavy atom. The fourth-order valence-electron chi connectivity index (χ4n) is 8.53. The zero-order chi connectivity index (χ0) is 31.7. The summed E-state index contributed by atoms with van der Waals surface area (Å²) in [6.45, 7) is 4.70. The van der Waals surface area contributed by atoms with E-state index in [9.17, 15) is 0 Å². The van der Waals surface area contributed by atoms with Gasteiger partial charge in [-0.2, -0.15) is 0 Å². The van der Waals surface area contributed by atoms with Crippen LogP contribution in [0.1, 0.15) is 25.0 Å². The van der Waals surface area contributed by atoms with Gasteiger partial charge >= 0.3 is 0 Å². The molecule has 0 unspecified atom stereocenters. The van der Waals surface area contributed by atoms with Gasteiger partial charge in [0.25, 0.3) is 0 Å². The van der Waals surface area contributed by atoms with E-state index in [4.69, 9.17) is 8.83 Å². The Morgan fingerprint density at radius 1 is 0.438 bits per heavy atom. The molecular formula is C45H29NO2. The van der Waals surface area contributed by atoms with Crippen LogP contribution < -0.4 is 0 Å². The summed E-state index contributed by atoms with van der Waals surface area (Å²) in [4.78, 5) is 0. The molecule has 0 aliphatic heterocycles. The molecule has 0 radical (unpaired) electrons. The molecule has 11 rings (SSSR count). The van der Waals surface area contributed by atoms with Crippen molar-refractivity contribution in [1.29, 1.82) is 0 Å². The highest BCUT2D eigenvalue weighted by Crippen LogP contribution is 2.51. The third-order valence-electron chi connectivity index (χ3n) is 10.8. The molecule has 7 aromatic carbocycles. The van der Waals surface area contributed by atoms with E-state index in [-0.39, 0.29) is 5.41 Å². The van der Waals surface area contributed by atoms with Gasteiger partial charge in [-0.3, -0.25) is 0 Å². The van der Waals surface area contributed by atoms with E-state index < -0.39 is 0 Å². The summed E-state index contributed by atoms with van der Waals surface area (Å²) in [6, 6.07) is 50.2. The third-order valence-corrected chi connectivity index (χ3v) is 10.8. The molecule has 48 heavy (non-hydrogen) atoms. The van der Waals surface area contributed by atoms with Crippen molar-refractivity contribution in [2.75, 3.05) is 0 Å². The van der Waals surface area contributed by atoms with Gasteiger partial charge in [0.1, 0.15) is 22.3 Å². The standard InChI is InChI=1S/C45H29NO2/c1-45(2)36-14-6-3-10-29(36)34-24-35-30-11-4-7-15-38(30)46(39(35)25-37(34)45)27-19-21-32-31-20-18-26(22-42(31)48-43(32)23-27)28-13-9-17-41-44(28)33-12-5-8-16-40(33)47-41/h3-25H,1-2H3. The van der Waals surface area contributed by atoms with E-state index in [1.165, 1.54) is 44.1 Å². The van der Waals surface area contributed by atoms with Gasteiger partial charge in [-0.15, -0.1) is 0 Å². The first-order valence-corrected chi connectivity index (χ1v) is 16.6. The zero-order valence-corrected chi connectivity index (χ0v) is 26.5. The van der Waals surface area contributed by atoms with E-state index in [1.807, 2.05) is 18.2 Å². The Bertz CT molecular complexity index is 2980. The van der Waals surface area contributed by atoms with Crippen LogP contribution in [0.5, 0.6) is 0 Å². The van der Waals surface area contributed by atoms with Crippen LogP contribution in [0.2, 0.25) is 0 Å². The fourth-order valence-corrected chi connectivity index (χ4v) is 8.53. The molecule has 0 fully saturated rings. The summed E-state index contributed by atoms with van der Waals surface area (Å²) >= 11 is 0. The van der Waals surface area contributed by atoms with Crippen molar-refractivity contribution in [3.63, 3.8) is 0 Å². The van der Waals surface area contributed by atoms with E-state index in [0.717, 1.165) is 60.7 Å². The molecule has 0 amide bonds. The highest BCUT2D eigenvalue weighted by atomic mass is 16.3. The topological polar surface area (TPSA) is 31.2 Å². The molecule has 0 atom stereocenters. The molecule has 3 aromatic heterocycles. The van der Waals surface area contributed by atoms with E-state index in [2.05, 4.69) is 140 Å². The van der Waals surface area contributed by atoms with Crippen LogP contribution in [-0.4, -0.2) is 4.57 Å². The van der Waals surface area contributed by atoms with Gasteiger partial charge in [0, 0.05) is 49.5 Å². The van der Waals surface area contributed by atoms with Gasteiger partial charge in [0.2, 0.25) is 0 Å². The minimum absolute atomic E-state index is 0.0745. The quantitative estimate of drug-likeness (QED) is 0.194. The fraction of sp³-hybridized carbons (Fsp3) is 0.0667. The van der Waals surface area contributed by atoms with E-state index in [1.54, 1.807) is 0 Å². The predicted octanol–water partition coefficient (Wildman–Crippen LogP) is 12.6. The van der Waals surface area contributed by atoms with Crippen LogP contribution in [0.25, 0.3) is 93.6 Å². The molecular weight excluding hydrogens is 587 g/mol. The van der Waals surface area contributed by atoms with Crippen molar-refractivity contribution in [3.8, 4) is 27.9 Å². The molecule has 1 aliphatic rings. The number of fused-ring (bicyclic) bond motifs is 12. The highest BCUT2D eigenvalue weighted by molar-refractivity contribution is 6.15. The van der Waals surface area contributed by atoms with Crippen molar-refractivity contribution < 1.29 is 8.83 Å². The zero-order valence-electron chi connectivity index (χ0n) is 26.5. The number of hydrogen-bond donors (Lipinski definition) is 0. The average molecular weight is 616 g/mol. The number of rotatable bonds is 2. The minimum atomic E-state index is -0.0745. The maximum Gasteiger partial charge on any atom is 0.137 e. The van der Waals surface area contributed by atoms with E-state index in [0.29, 0.717) is 0 Å². The first-order valence-electron chi connectivity index (χ1n) is 16.6. The Labute approximate surface area is 276 Å². The number of para-hydroxylation sites is 2. The molecule has 0 spiro atoms. The molecule has 0 saturated heterocycles. The SMILES string of the molecule is CC1(C)c2ccccc2-c2cc3c4ccccc4n(-c4ccc5c(c4)oc4cc(-c6cccc7oc8ccccc8c67)ccc45)c3cc21. The molecule has 3 heterocycles. The monoisotopic (exact) mass is 615 g/mol. The second-order valence-corrected chi connectivity index (χ2v) is 13.7. The van der Waals surface area contributed by atoms with Crippen LogP contribution in [0, 0.1) is 0 Å². The maximum absolute atomic E-state index is 6.67. The summed E-state index contributed by atoms with van der Waals surface area (Å²) in [7, 11) is 0. The van der Waals surface area contributed by atoms with Gasteiger partial charge in [0.15, 0.2) is 0 Å². The Hall–Kier alpha value is -6.06. The van der Waals surface area contributed by atoms with Crippen molar-refractivity contribution >= 4 is 65.7 Å². The number of hydrogen-bond acceptors (Lipinski definition) is 2. The lowest BCUT2D eigenvalue weighted by molar-refractivity contribution is 0.661. The highest BCUT2D eigenvalue weighted by Gasteiger charge is 2.36. The van der Waals surface area contributed by atoms with Crippen LogP contribution in [0.4, 0.5) is 0 Å². The predicted molar refractivity (Wildman–Crippen MR) is 198 cm³/mol. The van der Waals surface area contributed by atoms with E-state index >= 15 is 0 Å². The molecule has 3 heteroatoms. The first-order chi connectivity index (χ1) is 23.5. The molecule has 0 N–H and O–H groups in total. The van der Waals surface area contributed by atoms with Gasteiger partial charge in [-0.25, -0.2) is 0 Å². The van der Waals surface area contributed by atoms with Crippen LogP contribution in [0.15, 0.2) is 148 Å². The largest absolute Gasteiger partial charge is 0.456 e. The third kappa shape index (κ3) is 3.33. The number of nitrogens with zero attached hydrogens (tertiary/aromatic N) is 1. The Morgan fingerprint density at radius 3 is 2.06 bits per heavy atom. The molecule has 0 saturated carbocycles. The Balaban J connectivity index is 1.11. The second kappa shape index (κ2) is 9.05. The van der Waals surface area contributed by atoms with Gasteiger partial charge in [-0.05, 0) is 88.0 Å². The molecule has 0 bridgehead atoms. The Kier molecular flexibility index (Phi) is 4.91. The summed E-state index contributed by atoms with van der Waals surface area (Å²) in [5.74, 6) is 0. The number of aromatic nitrogens is 1. The summed E-state index contributed by atoms with van der Waals surface area (Å²) in [6.07, 6.45) is 0. The summed E-state index contributed by atoms with van der Waals surface area (Å²) in [5.41, 5.74) is 14.7. The van der Waals surface area contributed by atoms with Gasteiger partial charge < -0.3 is 13.4 Å². The normalized spacial score (nSPS) is 13.8. The van der Waals surface area contributed by atoms with Gasteiger partial charge in [-0.1, -0.05) is 92.7 Å². The van der Waals surface area contributed by atoms with Crippen molar-refractivity contribution in [2.45, 2.75) is 19.3 Å². The summed E-state index contributed by atoms with van der Waals surface area (Å²) in [5, 5.41) is 7.02. The van der Waals surface area contributed by atoms with Crippen LogP contribution >= 0.6 is 0 Å². The van der Waals surface area contributed by atoms with Crippen molar-refractivity contribution in [2.24, 2.45) is 0 Å².